The molecule has 1 aromatic heterocycles. The molecule has 0 aliphatic carbocycles. The number of nitrogens with one attached hydrogen (secondary N) is 1. The van der Waals surface area contributed by atoms with Crippen molar-refractivity contribution in [1.29, 1.82) is 0 Å². The Labute approximate surface area is 199 Å². The van der Waals surface area contributed by atoms with Gasteiger partial charge in [-0.3, -0.25) is 19.3 Å². The number of nitrogens with zero attached hydrogens (tertiary/aromatic N) is 2. The molecule has 0 saturated heterocycles. The van der Waals surface area contributed by atoms with Gasteiger partial charge in [-0.1, -0.05) is 35.9 Å². The Bertz CT molecular complexity index is 1130. The van der Waals surface area contributed by atoms with Gasteiger partial charge in [0.1, 0.15) is 6.04 Å². The minimum Gasteiger partial charge on any atom is -0.300 e. The molecule has 164 valence electrons. The van der Waals surface area contributed by atoms with Crippen molar-refractivity contribution < 1.29 is 14.4 Å². The number of hydrogen-bond acceptors (Lipinski definition) is 6. The number of anilines is 1. The number of amides is 3. The first-order valence-corrected chi connectivity index (χ1v) is 12.5. The maximum absolute atomic E-state index is 13.1. The summed E-state index contributed by atoms with van der Waals surface area (Å²) in [6.45, 7) is 0. The van der Waals surface area contributed by atoms with E-state index in [9.17, 15) is 14.4 Å². The zero-order chi connectivity index (χ0) is 22.7. The fourth-order valence-electron chi connectivity index (χ4n) is 3.54. The Kier molecular flexibility index (Phi) is 6.93. The van der Waals surface area contributed by atoms with Crippen molar-refractivity contribution in [2.45, 2.75) is 18.9 Å². The van der Waals surface area contributed by atoms with E-state index >= 15 is 0 Å². The molecule has 2 aromatic carbocycles. The van der Waals surface area contributed by atoms with Crippen LogP contribution >= 0.6 is 34.7 Å². The van der Waals surface area contributed by atoms with E-state index in [2.05, 4.69) is 10.3 Å². The fourth-order valence-corrected chi connectivity index (χ4v) is 4.97. The Balaban J connectivity index is 1.50. The van der Waals surface area contributed by atoms with Crippen molar-refractivity contribution in [3.63, 3.8) is 0 Å². The van der Waals surface area contributed by atoms with Crippen molar-refractivity contribution in [3.8, 4) is 0 Å². The predicted octanol–water partition coefficient (Wildman–Crippen LogP) is 4.74. The lowest BCUT2D eigenvalue weighted by Gasteiger charge is -2.24. The van der Waals surface area contributed by atoms with Crippen LogP contribution in [0.1, 0.15) is 37.6 Å². The fraction of sp³-hybridized carbons (Fsp3) is 0.217. The first-order valence-electron chi connectivity index (χ1n) is 9.94. The van der Waals surface area contributed by atoms with Crippen molar-refractivity contribution in [1.82, 2.24) is 9.88 Å². The zero-order valence-corrected chi connectivity index (χ0v) is 19.6. The molecule has 0 fully saturated rings. The second-order valence-electron chi connectivity index (χ2n) is 7.25. The minimum atomic E-state index is -0.904. The van der Waals surface area contributed by atoms with Gasteiger partial charge in [-0.25, -0.2) is 4.98 Å². The third kappa shape index (κ3) is 4.72. The number of benzene rings is 2. The highest BCUT2D eigenvalue weighted by molar-refractivity contribution is 7.98. The van der Waals surface area contributed by atoms with Gasteiger partial charge in [0.2, 0.25) is 5.91 Å². The van der Waals surface area contributed by atoms with Gasteiger partial charge in [-0.05, 0) is 48.3 Å². The van der Waals surface area contributed by atoms with Crippen molar-refractivity contribution >= 4 is 57.6 Å². The van der Waals surface area contributed by atoms with Gasteiger partial charge in [0.05, 0.1) is 11.1 Å². The summed E-state index contributed by atoms with van der Waals surface area (Å²) in [6, 6.07) is 13.3. The highest BCUT2D eigenvalue weighted by atomic mass is 35.5. The summed E-state index contributed by atoms with van der Waals surface area (Å²) in [5.74, 6) is -0.657. The summed E-state index contributed by atoms with van der Waals surface area (Å²) in [4.78, 5) is 45.3. The number of aromatic nitrogens is 1. The maximum Gasteiger partial charge on any atom is 0.262 e. The third-order valence-electron chi connectivity index (χ3n) is 5.11. The number of carbonyl (C=O) groups excluding carboxylic acids is 3. The minimum absolute atomic E-state index is 0.332. The second kappa shape index (κ2) is 9.85. The van der Waals surface area contributed by atoms with Crippen LogP contribution in [-0.2, 0) is 11.2 Å². The summed E-state index contributed by atoms with van der Waals surface area (Å²) in [5, 5.41) is 3.91. The summed E-state index contributed by atoms with van der Waals surface area (Å²) < 4.78 is 0. The zero-order valence-electron chi connectivity index (χ0n) is 17.2. The molecule has 0 saturated carbocycles. The lowest BCUT2D eigenvalue weighted by molar-refractivity contribution is -0.120. The normalized spacial score (nSPS) is 13.9. The quantitative estimate of drug-likeness (QED) is 0.466. The average molecular weight is 486 g/mol. The molecule has 0 radical (unpaired) electrons. The maximum atomic E-state index is 13.1. The van der Waals surface area contributed by atoms with E-state index < -0.39 is 23.8 Å². The summed E-state index contributed by atoms with van der Waals surface area (Å²) in [5.41, 5.74) is 1.75. The van der Waals surface area contributed by atoms with Gasteiger partial charge in [0, 0.05) is 22.5 Å². The lowest BCUT2D eigenvalue weighted by Crippen LogP contribution is -2.47. The van der Waals surface area contributed by atoms with E-state index in [0.29, 0.717) is 39.9 Å². The van der Waals surface area contributed by atoms with Crippen LogP contribution in [0.15, 0.2) is 54.7 Å². The molecule has 2 heterocycles. The molecule has 9 heteroatoms. The van der Waals surface area contributed by atoms with Crippen LogP contribution in [0.3, 0.4) is 0 Å². The van der Waals surface area contributed by atoms with E-state index in [1.54, 1.807) is 42.2 Å². The number of halogens is 1. The third-order valence-corrected chi connectivity index (χ3v) is 6.92. The topological polar surface area (TPSA) is 79.4 Å². The Hall–Kier alpha value is -2.68. The number of fused-ring (bicyclic) bond motifs is 1. The molecule has 1 aliphatic heterocycles. The lowest BCUT2D eigenvalue weighted by atomic mass is 10.1. The first kappa shape index (κ1) is 22.5. The van der Waals surface area contributed by atoms with E-state index in [1.807, 2.05) is 30.5 Å². The van der Waals surface area contributed by atoms with Gasteiger partial charge in [-0.15, -0.1) is 11.3 Å². The Morgan fingerprint density at radius 2 is 1.78 bits per heavy atom. The number of hydrogen-bond donors (Lipinski definition) is 1. The first-order chi connectivity index (χ1) is 15.5. The smallest absolute Gasteiger partial charge is 0.262 e. The second-order valence-corrected chi connectivity index (χ2v) is 9.78. The number of rotatable bonds is 8. The molecule has 1 aliphatic rings. The van der Waals surface area contributed by atoms with E-state index in [0.717, 1.165) is 15.3 Å². The molecule has 1 atom stereocenters. The Morgan fingerprint density at radius 3 is 2.41 bits per heavy atom. The monoisotopic (exact) mass is 485 g/mol. The molecule has 4 rings (SSSR count). The van der Waals surface area contributed by atoms with Crippen LogP contribution in [0.5, 0.6) is 0 Å². The molecule has 32 heavy (non-hydrogen) atoms. The van der Waals surface area contributed by atoms with Crippen molar-refractivity contribution in [2.24, 2.45) is 0 Å². The molecule has 3 aromatic rings. The molecule has 3 amide bonds. The van der Waals surface area contributed by atoms with E-state index in [1.165, 1.54) is 11.3 Å². The standard InChI is InChI=1S/C23H20ClN3O3S2/c1-31-11-10-19(27-21(29)17-4-2-3-5-18(17)22(27)30)20(28)26-23-25-13-16(32-23)12-14-6-8-15(24)9-7-14/h2-9,13,19H,10-12H2,1H3,(H,25,26,28). The average Bonchev–Trinajstić information content (AvgIpc) is 3.33. The Morgan fingerprint density at radius 1 is 1.12 bits per heavy atom. The molecule has 1 unspecified atom stereocenters. The molecule has 0 bridgehead atoms. The highest BCUT2D eigenvalue weighted by Crippen LogP contribution is 2.28. The summed E-state index contributed by atoms with van der Waals surface area (Å²) in [7, 11) is 0. The largest absolute Gasteiger partial charge is 0.300 e. The summed E-state index contributed by atoms with van der Waals surface area (Å²) >= 11 is 8.85. The molecular weight excluding hydrogens is 466 g/mol. The number of carbonyl (C=O) groups is 3. The number of thioether (sulfide) groups is 1. The van der Waals surface area contributed by atoms with Gasteiger partial charge in [0.15, 0.2) is 5.13 Å². The molecule has 1 N–H and O–H groups in total. The van der Waals surface area contributed by atoms with Gasteiger partial charge in [-0.2, -0.15) is 11.8 Å². The van der Waals surface area contributed by atoms with E-state index in [-0.39, 0.29) is 0 Å². The van der Waals surface area contributed by atoms with Crippen LogP contribution in [0.25, 0.3) is 0 Å². The molecular formula is C23H20ClN3O3S2. The van der Waals surface area contributed by atoms with Gasteiger partial charge in [0.25, 0.3) is 11.8 Å². The number of imide groups is 1. The van der Waals surface area contributed by atoms with Crippen LogP contribution < -0.4 is 5.32 Å². The predicted molar refractivity (Wildman–Crippen MR) is 129 cm³/mol. The van der Waals surface area contributed by atoms with Crippen molar-refractivity contribution in [3.05, 3.63) is 81.3 Å². The van der Waals surface area contributed by atoms with Crippen LogP contribution in [0.2, 0.25) is 5.02 Å². The van der Waals surface area contributed by atoms with Crippen LogP contribution in [0, 0.1) is 0 Å². The van der Waals surface area contributed by atoms with Gasteiger partial charge >= 0.3 is 0 Å². The SMILES string of the molecule is CSCCC(C(=O)Nc1ncc(Cc2ccc(Cl)cc2)s1)N1C(=O)c2ccccc2C1=O. The van der Waals surface area contributed by atoms with Crippen LogP contribution in [0.4, 0.5) is 5.13 Å². The van der Waals surface area contributed by atoms with Crippen LogP contribution in [-0.4, -0.2) is 45.7 Å². The van der Waals surface area contributed by atoms with Crippen molar-refractivity contribution in [2.75, 3.05) is 17.3 Å². The number of thiazole rings is 1. The molecule has 0 spiro atoms. The van der Waals surface area contributed by atoms with Gasteiger partial charge < -0.3 is 5.32 Å². The van der Waals surface area contributed by atoms with E-state index in [4.69, 9.17) is 11.6 Å². The highest BCUT2D eigenvalue weighted by Gasteiger charge is 2.42. The molecule has 6 nitrogen and oxygen atoms in total. The summed E-state index contributed by atoms with van der Waals surface area (Å²) in [6.07, 6.45) is 4.66.